The summed E-state index contributed by atoms with van der Waals surface area (Å²) in [6.07, 6.45) is 2.12. The van der Waals surface area contributed by atoms with Gasteiger partial charge in [-0.1, -0.05) is 0 Å². The van der Waals surface area contributed by atoms with E-state index >= 15 is 0 Å². The fourth-order valence-corrected chi connectivity index (χ4v) is 3.16. The molecule has 5 nitrogen and oxygen atoms in total. The monoisotopic (exact) mass is 234 g/mol. The average Bonchev–Trinajstić information content (AvgIpc) is 2.33. The zero-order chi connectivity index (χ0) is 11.3. The standard InChI is InChI=1S/C9H14O5S/c1-9-5-7(14-15(2,11)12)3-6(9)4-8(10)13-9/h6-7H,3-5H2,1-2H3/t6-,7-,9-/m0/s1. The number of hydrogen-bond acceptors (Lipinski definition) is 5. The SMILES string of the molecule is C[C@]12C[C@@H](OS(C)(=O)=O)C[C@H]1CC(=O)O2. The van der Waals surface area contributed by atoms with Gasteiger partial charge in [-0.25, -0.2) is 0 Å². The van der Waals surface area contributed by atoms with Crippen molar-refractivity contribution >= 4 is 16.1 Å². The Morgan fingerprint density at radius 2 is 2.20 bits per heavy atom. The van der Waals surface area contributed by atoms with Gasteiger partial charge in [-0.05, 0) is 13.3 Å². The zero-order valence-electron chi connectivity index (χ0n) is 8.73. The molecule has 2 aliphatic rings. The van der Waals surface area contributed by atoms with Crippen molar-refractivity contribution in [3.05, 3.63) is 0 Å². The molecule has 0 bridgehead atoms. The third kappa shape index (κ3) is 2.15. The summed E-state index contributed by atoms with van der Waals surface area (Å²) in [4.78, 5) is 11.1. The predicted molar refractivity (Wildman–Crippen MR) is 51.6 cm³/mol. The lowest BCUT2D eigenvalue weighted by atomic mass is 9.93. The van der Waals surface area contributed by atoms with Crippen LogP contribution in [0.4, 0.5) is 0 Å². The molecule has 0 aromatic heterocycles. The van der Waals surface area contributed by atoms with Gasteiger partial charge in [0.25, 0.3) is 10.1 Å². The summed E-state index contributed by atoms with van der Waals surface area (Å²) >= 11 is 0. The molecule has 6 heteroatoms. The molecule has 1 saturated heterocycles. The first-order valence-corrected chi connectivity index (χ1v) is 6.70. The molecule has 2 rings (SSSR count). The first-order valence-electron chi connectivity index (χ1n) is 4.89. The highest BCUT2D eigenvalue weighted by atomic mass is 32.2. The largest absolute Gasteiger partial charge is 0.459 e. The van der Waals surface area contributed by atoms with Crippen molar-refractivity contribution in [3.63, 3.8) is 0 Å². The molecule has 1 aliphatic carbocycles. The summed E-state index contributed by atoms with van der Waals surface area (Å²) in [7, 11) is -3.42. The fraction of sp³-hybridized carbons (Fsp3) is 0.889. The van der Waals surface area contributed by atoms with Crippen LogP contribution in [0.3, 0.4) is 0 Å². The molecule has 2 fully saturated rings. The predicted octanol–water partition coefficient (Wildman–Crippen LogP) is 0.447. The van der Waals surface area contributed by atoms with Crippen molar-refractivity contribution in [3.8, 4) is 0 Å². The maximum absolute atomic E-state index is 11.1. The molecule has 0 N–H and O–H groups in total. The van der Waals surface area contributed by atoms with E-state index in [1.165, 1.54) is 0 Å². The highest BCUT2D eigenvalue weighted by Crippen LogP contribution is 2.46. The molecule has 1 aliphatic heterocycles. The second-order valence-corrected chi connectivity index (χ2v) is 6.15. The van der Waals surface area contributed by atoms with E-state index in [0.29, 0.717) is 19.3 Å². The highest BCUT2D eigenvalue weighted by Gasteiger charge is 2.53. The van der Waals surface area contributed by atoms with E-state index in [1.807, 2.05) is 6.92 Å². The number of hydrogen-bond donors (Lipinski definition) is 0. The molecule has 1 heterocycles. The van der Waals surface area contributed by atoms with Gasteiger partial charge in [-0.2, -0.15) is 8.42 Å². The second kappa shape index (κ2) is 3.18. The van der Waals surface area contributed by atoms with Crippen LogP contribution in [-0.2, 0) is 23.8 Å². The number of carbonyl (C=O) groups excluding carboxylic acids is 1. The quantitative estimate of drug-likeness (QED) is 0.512. The minimum atomic E-state index is -3.42. The lowest BCUT2D eigenvalue weighted by molar-refractivity contribution is -0.148. The second-order valence-electron chi connectivity index (χ2n) is 4.55. The third-order valence-electron chi connectivity index (χ3n) is 3.11. The normalized spacial score (nSPS) is 40.3. The minimum absolute atomic E-state index is 0.0942. The molecule has 0 aromatic carbocycles. The molecule has 15 heavy (non-hydrogen) atoms. The highest BCUT2D eigenvalue weighted by molar-refractivity contribution is 7.86. The smallest absolute Gasteiger partial charge is 0.306 e. The van der Waals surface area contributed by atoms with Gasteiger partial charge in [-0.3, -0.25) is 8.98 Å². The van der Waals surface area contributed by atoms with E-state index in [9.17, 15) is 13.2 Å². The van der Waals surface area contributed by atoms with Crippen molar-refractivity contribution in [1.29, 1.82) is 0 Å². The van der Waals surface area contributed by atoms with Crippen molar-refractivity contribution in [2.75, 3.05) is 6.26 Å². The Morgan fingerprint density at radius 3 is 2.73 bits per heavy atom. The van der Waals surface area contributed by atoms with E-state index in [-0.39, 0.29) is 18.0 Å². The summed E-state index contributed by atoms with van der Waals surface area (Å²) in [5, 5.41) is 0. The van der Waals surface area contributed by atoms with Crippen LogP contribution in [-0.4, -0.2) is 32.3 Å². The van der Waals surface area contributed by atoms with E-state index in [4.69, 9.17) is 8.92 Å². The number of rotatable bonds is 2. The molecule has 0 radical (unpaired) electrons. The lowest BCUT2D eigenvalue weighted by Gasteiger charge is -2.21. The number of ether oxygens (including phenoxy) is 1. The van der Waals surface area contributed by atoms with Crippen LogP contribution in [0.1, 0.15) is 26.2 Å². The van der Waals surface area contributed by atoms with Gasteiger partial charge in [0.1, 0.15) is 5.60 Å². The molecule has 0 spiro atoms. The van der Waals surface area contributed by atoms with Crippen molar-refractivity contribution in [2.45, 2.75) is 37.9 Å². The van der Waals surface area contributed by atoms with Crippen LogP contribution in [0.2, 0.25) is 0 Å². The van der Waals surface area contributed by atoms with E-state index in [2.05, 4.69) is 0 Å². The zero-order valence-corrected chi connectivity index (χ0v) is 9.54. The minimum Gasteiger partial charge on any atom is -0.459 e. The van der Waals surface area contributed by atoms with Crippen LogP contribution in [0.5, 0.6) is 0 Å². The van der Waals surface area contributed by atoms with Crippen molar-refractivity contribution in [1.82, 2.24) is 0 Å². The molecule has 86 valence electrons. The first-order chi connectivity index (χ1) is 6.78. The van der Waals surface area contributed by atoms with Gasteiger partial charge in [-0.15, -0.1) is 0 Å². The van der Waals surface area contributed by atoms with E-state index < -0.39 is 15.7 Å². The molecular weight excluding hydrogens is 220 g/mol. The molecular formula is C9H14O5S. The van der Waals surface area contributed by atoms with E-state index in [0.717, 1.165) is 6.26 Å². The summed E-state index contributed by atoms with van der Waals surface area (Å²) in [6.45, 7) is 1.84. The van der Waals surface area contributed by atoms with Crippen LogP contribution < -0.4 is 0 Å². The number of esters is 1. The average molecular weight is 234 g/mol. The van der Waals surface area contributed by atoms with Gasteiger partial charge in [0.15, 0.2) is 0 Å². The number of carbonyl (C=O) groups is 1. The van der Waals surface area contributed by atoms with Crippen LogP contribution in [0.15, 0.2) is 0 Å². The maximum atomic E-state index is 11.1. The maximum Gasteiger partial charge on any atom is 0.306 e. The van der Waals surface area contributed by atoms with Crippen molar-refractivity contribution < 1.29 is 22.1 Å². The Morgan fingerprint density at radius 1 is 1.53 bits per heavy atom. The topological polar surface area (TPSA) is 69.7 Å². The van der Waals surface area contributed by atoms with Gasteiger partial charge in [0.05, 0.1) is 18.8 Å². The Balaban J connectivity index is 2.05. The Labute approximate surface area is 88.9 Å². The molecule has 0 amide bonds. The fourth-order valence-electron chi connectivity index (χ4n) is 2.52. The van der Waals surface area contributed by atoms with Gasteiger partial charge < -0.3 is 4.74 Å². The Kier molecular flexibility index (Phi) is 2.31. The summed E-state index contributed by atoms with van der Waals surface area (Å²) in [5.74, 6) is -0.0999. The van der Waals surface area contributed by atoms with Crippen LogP contribution in [0.25, 0.3) is 0 Å². The summed E-state index contributed by atoms with van der Waals surface area (Å²) < 4.78 is 32.0. The van der Waals surface area contributed by atoms with Crippen LogP contribution >= 0.6 is 0 Å². The molecule has 3 atom stereocenters. The van der Waals surface area contributed by atoms with Crippen molar-refractivity contribution in [2.24, 2.45) is 5.92 Å². The lowest BCUT2D eigenvalue weighted by Crippen LogP contribution is -2.27. The van der Waals surface area contributed by atoms with Gasteiger partial charge in [0, 0.05) is 12.3 Å². The molecule has 0 aromatic rings. The third-order valence-corrected chi connectivity index (χ3v) is 3.74. The summed E-state index contributed by atoms with van der Waals surface area (Å²) in [5.41, 5.74) is -0.521. The van der Waals surface area contributed by atoms with Gasteiger partial charge in [0.2, 0.25) is 0 Å². The van der Waals surface area contributed by atoms with E-state index in [1.54, 1.807) is 0 Å². The van der Waals surface area contributed by atoms with Gasteiger partial charge >= 0.3 is 5.97 Å². The Hall–Kier alpha value is -0.620. The number of fused-ring (bicyclic) bond motifs is 1. The first kappa shape index (κ1) is 10.9. The Bertz CT molecular complexity index is 387. The molecule has 0 unspecified atom stereocenters. The summed E-state index contributed by atoms with van der Waals surface area (Å²) in [6, 6.07) is 0. The molecule has 1 saturated carbocycles. The van der Waals surface area contributed by atoms with Crippen LogP contribution in [0, 0.1) is 5.92 Å².